The van der Waals surface area contributed by atoms with Gasteiger partial charge in [0.25, 0.3) is 5.91 Å². The third kappa shape index (κ3) is 2.84. The van der Waals surface area contributed by atoms with Crippen molar-refractivity contribution in [2.24, 2.45) is 11.0 Å². The molecule has 2 atom stereocenters. The second kappa shape index (κ2) is 7.09. The van der Waals surface area contributed by atoms with E-state index in [0.717, 1.165) is 4.90 Å². The van der Waals surface area contributed by atoms with Gasteiger partial charge >= 0.3 is 5.97 Å². The van der Waals surface area contributed by atoms with Gasteiger partial charge in [-0.3, -0.25) is 14.6 Å². The van der Waals surface area contributed by atoms with Crippen LogP contribution in [0.2, 0.25) is 5.02 Å². The minimum Gasteiger partial charge on any atom is -0.461 e. The minimum absolute atomic E-state index is 0.0708. The van der Waals surface area contributed by atoms with E-state index in [1.54, 1.807) is 61.5 Å². The molecule has 2 unspecified atom stereocenters. The first-order valence-electron chi connectivity index (χ1n) is 8.76. The van der Waals surface area contributed by atoms with Gasteiger partial charge in [-0.1, -0.05) is 29.8 Å². The van der Waals surface area contributed by atoms with Crippen LogP contribution in [0.15, 0.2) is 59.7 Å². The molecule has 7 nitrogen and oxygen atoms in total. The molecule has 28 heavy (non-hydrogen) atoms. The molecule has 0 saturated carbocycles. The fraction of sp³-hybridized carbons (Fsp3) is 0.200. The molecule has 0 aliphatic carbocycles. The summed E-state index contributed by atoms with van der Waals surface area (Å²) < 4.78 is 5.06. The van der Waals surface area contributed by atoms with Crippen molar-refractivity contribution in [3.05, 3.63) is 59.6 Å². The zero-order chi connectivity index (χ0) is 19.8. The van der Waals surface area contributed by atoms with Gasteiger partial charge in [-0.15, -0.1) is 0 Å². The highest BCUT2D eigenvalue weighted by Crippen LogP contribution is 2.38. The van der Waals surface area contributed by atoms with Crippen molar-refractivity contribution in [2.45, 2.75) is 13.0 Å². The fourth-order valence-corrected chi connectivity index (χ4v) is 3.55. The van der Waals surface area contributed by atoms with Crippen molar-refractivity contribution >= 4 is 46.5 Å². The molecule has 2 aliphatic rings. The molecular weight excluding hydrogens is 382 g/mol. The molecule has 2 amide bonds. The quantitative estimate of drug-likeness (QED) is 0.585. The maximum atomic E-state index is 13.2. The average Bonchev–Trinajstić information content (AvgIpc) is 3.21. The number of ether oxygens (including phenoxy) is 1. The third-order valence-electron chi connectivity index (χ3n) is 4.64. The average molecular weight is 398 g/mol. The van der Waals surface area contributed by atoms with Crippen LogP contribution in [0.3, 0.4) is 0 Å². The SMILES string of the molecule is CCOC(=O)C1=NN(c2ccc(Cl)cc2)C2C(=O)N(c3ccccc3)C(=O)C12. The van der Waals surface area contributed by atoms with E-state index in [1.807, 2.05) is 0 Å². The summed E-state index contributed by atoms with van der Waals surface area (Å²) in [6.45, 7) is 1.81. The molecule has 2 heterocycles. The number of benzene rings is 2. The van der Waals surface area contributed by atoms with Crippen molar-refractivity contribution < 1.29 is 19.1 Å². The number of anilines is 2. The second-order valence-electron chi connectivity index (χ2n) is 6.30. The van der Waals surface area contributed by atoms with Gasteiger partial charge in [-0.25, -0.2) is 9.69 Å². The number of imide groups is 1. The van der Waals surface area contributed by atoms with Crippen LogP contribution in [0, 0.1) is 5.92 Å². The van der Waals surface area contributed by atoms with Crippen LogP contribution < -0.4 is 9.91 Å². The lowest BCUT2D eigenvalue weighted by atomic mass is 9.98. The van der Waals surface area contributed by atoms with Crippen molar-refractivity contribution in [3.63, 3.8) is 0 Å². The first-order chi connectivity index (χ1) is 13.5. The Labute approximate surface area is 166 Å². The molecule has 4 rings (SSSR count). The number of fused-ring (bicyclic) bond motifs is 1. The molecule has 2 aliphatic heterocycles. The lowest BCUT2D eigenvalue weighted by Gasteiger charge is -2.22. The highest BCUT2D eigenvalue weighted by Gasteiger charge is 2.59. The standard InChI is InChI=1S/C20H16ClN3O4/c1-2-28-20(27)16-15-17(24(22-16)14-10-8-12(21)9-11-14)19(26)23(18(15)25)13-6-4-3-5-7-13/h3-11,15,17H,2H2,1H3. The summed E-state index contributed by atoms with van der Waals surface area (Å²) in [6, 6.07) is 14.3. The van der Waals surface area contributed by atoms with E-state index in [-0.39, 0.29) is 12.3 Å². The summed E-state index contributed by atoms with van der Waals surface area (Å²) >= 11 is 5.95. The number of carbonyl (C=O) groups is 3. The summed E-state index contributed by atoms with van der Waals surface area (Å²) in [5.74, 6) is -2.67. The maximum Gasteiger partial charge on any atom is 0.355 e. The van der Waals surface area contributed by atoms with E-state index in [4.69, 9.17) is 16.3 Å². The molecule has 2 aromatic carbocycles. The Balaban J connectivity index is 1.79. The number of halogens is 1. The van der Waals surface area contributed by atoms with Crippen molar-refractivity contribution in [1.29, 1.82) is 0 Å². The lowest BCUT2D eigenvalue weighted by molar-refractivity contribution is -0.136. The minimum atomic E-state index is -1.03. The molecule has 0 aromatic heterocycles. The largest absolute Gasteiger partial charge is 0.461 e. The van der Waals surface area contributed by atoms with Gasteiger partial charge in [0, 0.05) is 5.02 Å². The summed E-state index contributed by atoms with van der Waals surface area (Å²) in [7, 11) is 0. The normalized spacial score (nSPS) is 21.0. The van der Waals surface area contributed by atoms with Gasteiger partial charge in [0.2, 0.25) is 5.91 Å². The lowest BCUT2D eigenvalue weighted by Crippen LogP contribution is -2.39. The van der Waals surface area contributed by atoms with E-state index in [0.29, 0.717) is 16.4 Å². The molecular formula is C20H16ClN3O4. The van der Waals surface area contributed by atoms with Gasteiger partial charge in [0.15, 0.2) is 5.71 Å². The zero-order valence-electron chi connectivity index (χ0n) is 14.9. The molecule has 2 aromatic rings. The van der Waals surface area contributed by atoms with Gasteiger partial charge in [0.05, 0.1) is 18.0 Å². The van der Waals surface area contributed by atoms with E-state index in [2.05, 4.69) is 5.10 Å². The molecule has 0 spiro atoms. The molecule has 142 valence electrons. The second-order valence-corrected chi connectivity index (χ2v) is 6.73. The Morgan fingerprint density at radius 1 is 1.04 bits per heavy atom. The Morgan fingerprint density at radius 3 is 2.36 bits per heavy atom. The van der Waals surface area contributed by atoms with E-state index < -0.39 is 29.7 Å². The summed E-state index contributed by atoms with van der Waals surface area (Å²) in [5.41, 5.74) is 0.930. The van der Waals surface area contributed by atoms with E-state index in [9.17, 15) is 14.4 Å². The fourth-order valence-electron chi connectivity index (χ4n) is 3.43. The Morgan fingerprint density at radius 2 is 1.71 bits per heavy atom. The first-order valence-corrected chi connectivity index (χ1v) is 9.14. The van der Waals surface area contributed by atoms with Crippen LogP contribution in [-0.2, 0) is 19.1 Å². The number of para-hydroxylation sites is 1. The van der Waals surface area contributed by atoms with E-state index in [1.165, 1.54) is 5.01 Å². The third-order valence-corrected chi connectivity index (χ3v) is 4.89. The van der Waals surface area contributed by atoms with Gasteiger partial charge in [-0.2, -0.15) is 5.10 Å². The topological polar surface area (TPSA) is 79.3 Å². The first kappa shape index (κ1) is 18.2. The maximum absolute atomic E-state index is 13.2. The molecule has 1 saturated heterocycles. The Bertz CT molecular complexity index is 975. The Kier molecular flexibility index (Phi) is 4.60. The number of hydrazone groups is 1. The molecule has 0 radical (unpaired) electrons. The smallest absolute Gasteiger partial charge is 0.355 e. The van der Waals surface area contributed by atoms with Gasteiger partial charge in [0.1, 0.15) is 12.0 Å². The predicted octanol–water partition coefficient (Wildman–Crippen LogP) is 2.64. The van der Waals surface area contributed by atoms with Crippen LogP contribution in [0.5, 0.6) is 0 Å². The molecule has 0 bridgehead atoms. The molecule has 0 N–H and O–H groups in total. The van der Waals surface area contributed by atoms with Crippen molar-refractivity contribution in [1.82, 2.24) is 0 Å². The van der Waals surface area contributed by atoms with Gasteiger partial charge in [-0.05, 0) is 43.3 Å². The van der Waals surface area contributed by atoms with E-state index >= 15 is 0 Å². The van der Waals surface area contributed by atoms with Gasteiger partial charge < -0.3 is 4.74 Å². The number of nitrogens with zero attached hydrogens (tertiary/aromatic N) is 3. The van der Waals surface area contributed by atoms with Crippen LogP contribution >= 0.6 is 11.6 Å². The van der Waals surface area contributed by atoms with Crippen molar-refractivity contribution in [3.8, 4) is 0 Å². The Hall–Kier alpha value is -3.19. The summed E-state index contributed by atoms with van der Waals surface area (Å²) in [5, 5.41) is 6.21. The van der Waals surface area contributed by atoms with Crippen LogP contribution in [0.25, 0.3) is 0 Å². The monoisotopic (exact) mass is 397 g/mol. The summed E-state index contributed by atoms with van der Waals surface area (Å²) in [4.78, 5) is 39.8. The number of hydrogen-bond acceptors (Lipinski definition) is 6. The number of hydrogen-bond donors (Lipinski definition) is 0. The summed E-state index contributed by atoms with van der Waals surface area (Å²) in [6.07, 6.45) is 0. The number of rotatable bonds is 4. The zero-order valence-corrected chi connectivity index (χ0v) is 15.7. The number of esters is 1. The molecule has 1 fully saturated rings. The van der Waals surface area contributed by atoms with Crippen LogP contribution in [-0.4, -0.2) is 36.1 Å². The van der Waals surface area contributed by atoms with Crippen molar-refractivity contribution in [2.75, 3.05) is 16.5 Å². The number of amides is 2. The predicted molar refractivity (Wildman–Crippen MR) is 104 cm³/mol. The molecule has 8 heteroatoms. The highest BCUT2D eigenvalue weighted by atomic mass is 35.5. The highest BCUT2D eigenvalue weighted by molar-refractivity contribution is 6.47. The van der Waals surface area contributed by atoms with Crippen LogP contribution in [0.1, 0.15) is 6.92 Å². The number of carbonyl (C=O) groups excluding carboxylic acids is 3. The van der Waals surface area contributed by atoms with Crippen LogP contribution in [0.4, 0.5) is 11.4 Å².